The van der Waals surface area contributed by atoms with Crippen LogP contribution in [0.4, 0.5) is 0 Å². The first-order valence-corrected chi connectivity index (χ1v) is 7.58. The van der Waals surface area contributed by atoms with Gasteiger partial charge in [-0.1, -0.05) is 0 Å². The summed E-state index contributed by atoms with van der Waals surface area (Å²) >= 11 is 0. The van der Waals surface area contributed by atoms with Crippen molar-refractivity contribution in [1.29, 1.82) is 0 Å². The largest absolute Gasteiger partial charge is 0.445 e. The van der Waals surface area contributed by atoms with E-state index in [1.807, 2.05) is 0 Å². The number of aromatic nitrogens is 1. The van der Waals surface area contributed by atoms with E-state index in [0.29, 0.717) is 18.1 Å². The number of nitrogens with zero attached hydrogens (tertiary/aromatic N) is 1. The third-order valence-corrected chi connectivity index (χ3v) is 2.81. The molecule has 1 heterocycles. The molecule has 0 unspecified atom stereocenters. The summed E-state index contributed by atoms with van der Waals surface area (Å²) in [6, 6.07) is 0. The number of oxazole rings is 1. The van der Waals surface area contributed by atoms with Gasteiger partial charge in [0.2, 0.25) is 0 Å². The lowest BCUT2D eigenvalue weighted by Crippen LogP contribution is -2.37. The normalized spacial score (nSPS) is 12.9. The molecule has 98 valence electrons. The zero-order valence-electron chi connectivity index (χ0n) is 10.8. The molecule has 0 aromatic carbocycles. The van der Waals surface area contributed by atoms with Gasteiger partial charge in [-0.15, -0.1) is 0 Å². The molecule has 0 saturated heterocycles. The molecule has 0 atom stereocenters. The Kier molecular flexibility index (Phi) is 4.32. The number of sulfone groups is 1. The Morgan fingerprint density at radius 1 is 1.41 bits per heavy atom. The third-order valence-electron chi connectivity index (χ3n) is 2.00. The molecule has 0 radical (unpaired) electrons. The summed E-state index contributed by atoms with van der Waals surface area (Å²) in [5.74, 6) is 0.880. The fraction of sp³-hybridized carbons (Fsp3) is 0.727. The molecule has 0 aliphatic rings. The maximum absolute atomic E-state index is 11.1. The van der Waals surface area contributed by atoms with Crippen molar-refractivity contribution in [2.24, 2.45) is 0 Å². The first-order valence-electron chi connectivity index (χ1n) is 5.52. The van der Waals surface area contributed by atoms with E-state index in [1.165, 1.54) is 12.5 Å². The minimum absolute atomic E-state index is 0.0577. The number of nitrogens with one attached hydrogen (secondary N) is 1. The van der Waals surface area contributed by atoms with Gasteiger partial charge in [0.15, 0.2) is 15.7 Å². The lowest BCUT2D eigenvalue weighted by Gasteiger charge is -2.19. The smallest absolute Gasteiger partial charge is 0.195 e. The van der Waals surface area contributed by atoms with Crippen molar-refractivity contribution in [2.75, 3.05) is 12.8 Å². The molecule has 0 fully saturated rings. The first-order chi connectivity index (χ1) is 7.66. The van der Waals surface area contributed by atoms with E-state index >= 15 is 0 Å². The van der Waals surface area contributed by atoms with Crippen LogP contribution in [0.1, 0.15) is 32.4 Å². The molecule has 1 aromatic rings. The summed E-state index contributed by atoms with van der Waals surface area (Å²) in [6.07, 6.45) is 3.31. The third kappa shape index (κ3) is 6.43. The molecule has 0 bridgehead atoms. The van der Waals surface area contributed by atoms with E-state index < -0.39 is 9.84 Å². The lowest BCUT2D eigenvalue weighted by molar-refractivity contribution is 0.404. The fourth-order valence-corrected chi connectivity index (χ4v) is 1.98. The van der Waals surface area contributed by atoms with Crippen LogP contribution < -0.4 is 5.32 Å². The molecule has 0 saturated carbocycles. The Balaban J connectivity index is 2.47. The lowest BCUT2D eigenvalue weighted by atomic mass is 10.1. The molecule has 6 heteroatoms. The fourth-order valence-electron chi connectivity index (χ4n) is 1.33. The number of hydrogen-bond acceptors (Lipinski definition) is 5. The highest BCUT2D eigenvalue weighted by Gasteiger charge is 2.12. The van der Waals surface area contributed by atoms with Gasteiger partial charge in [0, 0.05) is 24.8 Å². The summed E-state index contributed by atoms with van der Waals surface area (Å²) in [4.78, 5) is 4.05. The van der Waals surface area contributed by atoms with Crippen LogP contribution in [0.3, 0.4) is 0 Å². The molecular weight excluding hydrogens is 240 g/mol. The van der Waals surface area contributed by atoms with Gasteiger partial charge >= 0.3 is 0 Å². The predicted octanol–water partition coefficient (Wildman–Crippen LogP) is 1.15. The van der Waals surface area contributed by atoms with Crippen LogP contribution in [0.5, 0.6) is 0 Å². The van der Waals surface area contributed by atoms with Gasteiger partial charge in [-0.3, -0.25) is 0 Å². The molecule has 0 spiro atoms. The van der Waals surface area contributed by atoms with Gasteiger partial charge in [0.1, 0.15) is 11.5 Å². The Morgan fingerprint density at radius 3 is 2.59 bits per heavy atom. The van der Waals surface area contributed by atoms with E-state index in [1.54, 1.807) is 0 Å². The van der Waals surface area contributed by atoms with Gasteiger partial charge in [0.25, 0.3) is 0 Å². The van der Waals surface area contributed by atoms with Gasteiger partial charge < -0.3 is 9.73 Å². The molecule has 1 aromatic heterocycles. The van der Waals surface area contributed by atoms with Crippen LogP contribution in [-0.4, -0.2) is 31.7 Å². The summed E-state index contributed by atoms with van der Waals surface area (Å²) in [5, 5.41) is 3.31. The van der Waals surface area contributed by atoms with Gasteiger partial charge in [0.05, 0.1) is 6.20 Å². The van der Waals surface area contributed by atoms with Crippen LogP contribution >= 0.6 is 0 Å². The highest BCUT2D eigenvalue weighted by atomic mass is 32.2. The molecule has 5 nitrogen and oxygen atoms in total. The van der Waals surface area contributed by atoms with Crippen molar-refractivity contribution < 1.29 is 12.8 Å². The predicted molar refractivity (Wildman–Crippen MR) is 66.5 cm³/mol. The van der Waals surface area contributed by atoms with E-state index in [2.05, 4.69) is 31.1 Å². The van der Waals surface area contributed by atoms with Crippen molar-refractivity contribution in [3.63, 3.8) is 0 Å². The van der Waals surface area contributed by atoms with Crippen molar-refractivity contribution in [2.45, 2.75) is 38.5 Å². The second-order valence-corrected chi connectivity index (χ2v) is 7.36. The van der Waals surface area contributed by atoms with Crippen molar-refractivity contribution in [3.8, 4) is 0 Å². The minimum atomic E-state index is -3.06. The zero-order valence-corrected chi connectivity index (χ0v) is 11.6. The Hall–Kier alpha value is -0.880. The van der Waals surface area contributed by atoms with Gasteiger partial charge in [-0.05, 0) is 20.8 Å². The summed E-state index contributed by atoms with van der Waals surface area (Å²) < 4.78 is 27.5. The Morgan fingerprint density at radius 2 is 2.06 bits per heavy atom. The quantitative estimate of drug-likeness (QED) is 0.859. The molecular formula is C11H20N2O3S. The summed E-state index contributed by atoms with van der Waals surface area (Å²) in [6.45, 7) is 7.00. The molecule has 0 aliphatic carbocycles. The number of hydrogen-bond donors (Lipinski definition) is 1. The van der Waals surface area contributed by atoms with Crippen molar-refractivity contribution in [1.82, 2.24) is 10.3 Å². The molecule has 0 aliphatic heterocycles. The highest BCUT2D eigenvalue weighted by molar-refractivity contribution is 7.89. The average molecular weight is 260 g/mol. The van der Waals surface area contributed by atoms with Crippen LogP contribution in [0.25, 0.3) is 0 Å². The van der Waals surface area contributed by atoms with E-state index in [9.17, 15) is 8.42 Å². The number of rotatable bonds is 5. The van der Waals surface area contributed by atoms with E-state index in [4.69, 9.17) is 4.42 Å². The van der Waals surface area contributed by atoms with E-state index in [0.717, 1.165) is 6.54 Å². The second-order valence-electron chi connectivity index (χ2n) is 5.22. The summed E-state index contributed by atoms with van der Waals surface area (Å²) in [5.41, 5.74) is 0.0577. The average Bonchev–Trinajstić information content (AvgIpc) is 2.46. The van der Waals surface area contributed by atoms with Crippen molar-refractivity contribution in [3.05, 3.63) is 17.8 Å². The summed E-state index contributed by atoms with van der Waals surface area (Å²) in [7, 11) is -3.06. The van der Waals surface area contributed by atoms with Crippen molar-refractivity contribution >= 4 is 9.84 Å². The first kappa shape index (κ1) is 14.2. The highest BCUT2D eigenvalue weighted by Crippen LogP contribution is 2.08. The standard InChI is InChI=1S/C11H20N2O3S/c1-11(2,3)13-6-5-10-12-7-9(16-10)8-17(4,14)15/h7,13H,5-6,8H2,1-4H3. The van der Waals surface area contributed by atoms with Crippen LogP contribution in [0.15, 0.2) is 10.6 Å². The van der Waals surface area contributed by atoms with E-state index in [-0.39, 0.29) is 11.3 Å². The maximum Gasteiger partial charge on any atom is 0.195 e. The SMILES string of the molecule is CC(C)(C)NCCc1ncc(CS(C)(=O)=O)o1. The second kappa shape index (κ2) is 5.18. The van der Waals surface area contributed by atoms with Crippen LogP contribution in [-0.2, 0) is 22.0 Å². The van der Waals surface area contributed by atoms with Crippen LogP contribution in [0, 0.1) is 0 Å². The van der Waals surface area contributed by atoms with Gasteiger partial charge in [-0.25, -0.2) is 13.4 Å². The Labute approximate surface area is 103 Å². The molecule has 1 rings (SSSR count). The van der Waals surface area contributed by atoms with Gasteiger partial charge in [-0.2, -0.15) is 0 Å². The molecule has 1 N–H and O–H groups in total. The monoisotopic (exact) mass is 260 g/mol. The topological polar surface area (TPSA) is 72.2 Å². The maximum atomic E-state index is 11.1. The molecule has 0 amide bonds. The molecule has 17 heavy (non-hydrogen) atoms. The minimum Gasteiger partial charge on any atom is -0.445 e. The van der Waals surface area contributed by atoms with Crippen LogP contribution in [0.2, 0.25) is 0 Å². The Bertz CT molecular complexity index is 457. The zero-order chi connectivity index (χ0) is 13.1.